The van der Waals surface area contributed by atoms with E-state index in [1.165, 1.54) is 0 Å². The first kappa shape index (κ1) is 15.4. The van der Waals surface area contributed by atoms with Gasteiger partial charge in [-0.05, 0) is 42.5 Å². The molecule has 2 heterocycles. The van der Waals surface area contributed by atoms with Gasteiger partial charge in [-0.15, -0.1) is 0 Å². The molecule has 1 aliphatic heterocycles. The van der Waals surface area contributed by atoms with Crippen LogP contribution in [0.2, 0.25) is 0 Å². The highest BCUT2D eigenvalue weighted by Crippen LogP contribution is 2.24. The molecular formula is C17H15N3O2S. The average Bonchev–Trinajstić information content (AvgIpc) is 3.08. The summed E-state index contributed by atoms with van der Waals surface area (Å²) in [5.74, 6) is 2.05. The SMILES string of the molecule is N#Cc1cccc(NC(=O)c2cccnc2OC2CCSC2)c1. The van der Waals surface area contributed by atoms with Crippen LogP contribution in [0, 0.1) is 11.3 Å². The molecule has 1 atom stereocenters. The van der Waals surface area contributed by atoms with Crippen molar-refractivity contribution in [1.29, 1.82) is 5.26 Å². The number of carbonyl (C=O) groups is 1. The minimum Gasteiger partial charge on any atom is -0.473 e. The predicted octanol–water partition coefficient (Wildman–Crippen LogP) is 3.09. The number of carbonyl (C=O) groups excluding carboxylic acids is 1. The predicted molar refractivity (Wildman–Crippen MR) is 89.7 cm³/mol. The third-order valence-corrected chi connectivity index (χ3v) is 4.56. The number of hydrogen-bond donors (Lipinski definition) is 1. The zero-order chi connectivity index (χ0) is 16.1. The van der Waals surface area contributed by atoms with Crippen LogP contribution >= 0.6 is 11.8 Å². The fourth-order valence-corrected chi connectivity index (χ4v) is 3.38. The van der Waals surface area contributed by atoms with Gasteiger partial charge in [0, 0.05) is 17.6 Å². The number of rotatable bonds is 4. The van der Waals surface area contributed by atoms with Crippen molar-refractivity contribution in [2.45, 2.75) is 12.5 Å². The third-order valence-electron chi connectivity index (χ3n) is 3.43. The quantitative estimate of drug-likeness (QED) is 0.935. The van der Waals surface area contributed by atoms with Gasteiger partial charge in [-0.1, -0.05) is 6.07 Å². The normalized spacial score (nSPS) is 16.6. The number of aromatic nitrogens is 1. The number of pyridine rings is 1. The highest BCUT2D eigenvalue weighted by Gasteiger charge is 2.21. The summed E-state index contributed by atoms with van der Waals surface area (Å²) in [6.07, 6.45) is 2.68. The van der Waals surface area contributed by atoms with Crippen LogP contribution in [-0.4, -0.2) is 28.5 Å². The second-order valence-electron chi connectivity index (χ2n) is 5.11. The Morgan fingerprint density at radius 3 is 3.09 bits per heavy atom. The molecule has 0 bridgehead atoms. The molecule has 2 aromatic rings. The molecule has 0 radical (unpaired) electrons. The van der Waals surface area contributed by atoms with Crippen molar-refractivity contribution in [3.63, 3.8) is 0 Å². The highest BCUT2D eigenvalue weighted by atomic mass is 32.2. The van der Waals surface area contributed by atoms with Crippen molar-refractivity contribution in [2.24, 2.45) is 0 Å². The summed E-state index contributed by atoms with van der Waals surface area (Å²) in [7, 11) is 0. The maximum absolute atomic E-state index is 12.5. The van der Waals surface area contributed by atoms with Gasteiger partial charge in [0.1, 0.15) is 11.7 Å². The number of anilines is 1. The lowest BCUT2D eigenvalue weighted by atomic mass is 10.2. The van der Waals surface area contributed by atoms with E-state index in [1.54, 1.807) is 42.6 Å². The van der Waals surface area contributed by atoms with Gasteiger partial charge >= 0.3 is 0 Å². The van der Waals surface area contributed by atoms with Crippen LogP contribution in [0.1, 0.15) is 22.3 Å². The van der Waals surface area contributed by atoms with Crippen molar-refractivity contribution in [3.05, 3.63) is 53.7 Å². The molecule has 3 rings (SSSR count). The summed E-state index contributed by atoms with van der Waals surface area (Å²) in [5, 5.41) is 11.7. The van der Waals surface area contributed by atoms with Gasteiger partial charge in [-0.2, -0.15) is 17.0 Å². The van der Waals surface area contributed by atoms with Crippen molar-refractivity contribution in [2.75, 3.05) is 16.8 Å². The van der Waals surface area contributed by atoms with E-state index in [0.717, 1.165) is 17.9 Å². The minimum atomic E-state index is -0.297. The van der Waals surface area contributed by atoms with E-state index in [2.05, 4.69) is 10.3 Å². The molecular weight excluding hydrogens is 310 g/mol. The lowest BCUT2D eigenvalue weighted by Gasteiger charge is -2.14. The molecule has 116 valence electrons. The van der Waals surface area contributed by atoms with E-state index in [4.69, 9.17) is 10.00 Å². The van der Waals surface area contributed by atoms with Crippen molar-refractivity contribution in [1.82, 2.24) is 4.98 Å². The standard InChI is InChI=1S/C17H15N3O2S/c18-10-12-3-1-4-13(9-12)20-16(21)15-5-2-7-19-17(15)22-14-6-8-23-11-14/h1-5,7,9,14H,6,8,11H2,(H,20,21). The first-order valence-electron chi connectivity index (χ1n) is 7.27. The Labute approximate surface area is 138 Å². The topological polar surface area (TPSA) is 75.0 Å². The van der Waals surface area contributed by atoms with Crippen LogP contribution in [0.4, 0.5) is 5.69 Å². The highest BCUT2D eigenvalue weighted by molar-refractivity contribution is 7.99. The molecule has 1 aliphatic rings. The average molecular weight is 325 g/mol. The third kappa shape index (κ3) is 3.82. The molecule has 0 spiro atoms. The summed E-state index contributed by atoms with van der Waals surface area (Å²) in [4.78, 5) is 16.7. The molecule has 1 unspecified atom stereocenters. The number of benzene rings is 1. The summed E-state index contributed by atoms with van der Waals surface area (Å²) in [6.45, 7) is 0. The Bertz CT molecular complexity index is 751. The number of amides is 1. The number of nitrogens with one attached hydrogen (secondary N) is 1. The van der Waals surface area contributed by atoms with Crippen LogP contribution in [0.15, 0.2) is 42.6 Å². The monoisotopic (exact) mass is 325 g/mol. The van der Waals surface area contributed by atoms with Gasteiger partial charge in [0.15, 0.2) is 0 Å². The van der Waals surface area contributed by atoms with Crippen molar-refractivity contribution in [3.8, 4) is 11.9 Å². The number of hydrogen-bond acceptors (Lipinski definition) is 5. The second kappa shape index (κ2) is 7.16. The van der Waals surface area contributed by atoms with E-state index < -0.39 is 0 Å². The summed E-state index contributed by atoms with van der Waals surface area (Å²) in [5.41, 5.74) is 1.46. The lowest BCUT2D eigenvalue weighted by molar-refractivity contribution is 0.101. The van der Waals surface area contributed by atoms with E-state index in [-0.39, 0.29) is 12.0 Å². The smallest absolute Gasteiger partial charge is 0.261 e. The Morgan fingerprint density at radius 2 is 2.30 bits per heavy atom. The maximum Gasteiger partial charge on any atom is 0.261 e. The van der Waals surface area contributed by atoms with Crippen LogP contribution in [0.5, 0.6) is 5.88 Å². The molecule has 0 aliphatic carbocycles. The maximum atomic E-state index is 12.5. The Hall–Kier alpha value is -2.52. The van der Waals surface area contributed by atoms with E-state index in [1.807, 2.05) is 17.8 Å². The Morgan fingerprint density at radius 1 is 1.39 bits per heavy atom. The van der Waals surface area contributed by atoms with Gasteiger partial charge < -0.3 is 10.1 Å². The molecule has 1 amide bonds. The molecule has 1 aromatic carbocycles. The molecule has 6 heteroatoms. The molecule has 23 heavy (non-hydrogen) atoms. The van der Waals surface area contributed by atoms with Crippen LogP contribution in [0.3, 0.4) is 0 Å². The number of nitrogens with zero attached hydrogens (tertiary/aromatic N) is 2. The van der Waals surface area contributed by atoms with E-state index in [0.29, 0.717) is 22.7 Å². The largest absolute Gasteiger partial charge is 0.473 e. The molecule has 1 saturated heterocycles. The van der Waals surface area contributed by atoms with E-state index >= 15 is 0 Å². The summed E-state index contributed by atoms with van der Waals surface area (Å²) in [6, 6.07) is 12.2. The van der Waals surface area contributed by atoms with Gasteiger partial charge in [-0.3, -0.25) is 4.79 Å². The Balaban J connectivity index is 1.77. The van der Waals surface area contributed by atoms with Crippen molar-refractivity contribution >= 4 is 23.4 Å². The number of ether oxygens (including phenoxy) is 1. The van der Waals surface area contributed by atoms with Crippen LogP contribution in [0.25, 0.3) is 0 Å². The number of thioether (sulfide) groups is 1. The second-order valence-corrected chi connectivity index (χ2v) is 6.26. The summed E-state index contributed by atoms with van der Waals surface area (Å²) >= 11 is 1.84. The first-order chi connectivity index (χ1) is 11.3. The van der Waals surface area contributed by atoms with E-state index in [9.17, 15) is 4.79 Å². The zero-order valence-corrected chi connectivity index (χ0v) is 13.2. The number of nitriles is 1. The van der Waals surface area contributed by atoms with Crippen LogP contribution in [-0.2, 0) is 0 Å². The fraction of sp³-hybridized carbons (Fsp3) is 0.235. The molecule has 5 nitrogen and oxygen atoms in total. The lowest BCUT2D eigenvalue weighted by Crippen LogP contribution is -2.20. The molecule has 0 saturated carbocycles. The van der Waals surface area contributed by atoms with Gasteiger partial charge in [0.2, 0.25) is 5.88 Å². The summed E-state index contributed by atoms with van der Waals surface area (Å²) < 4.78 is 5.87. The minimum absolute atomic E-state index is 0.100. The molecule has 1 fully saturated rings. The van der Waals surface area contributed by atoms with Gasteiger partial charge in [0.25, 0.3) is 5.91 Å². The zero-order valence-electron chi connectivity index (χ0n) is 12.4. The fourth-order valence-electron chi connectivity index (χ4n) is 2.29. The Kier molecular flexibility index (Phi) is 4.79. The molecule has 1 N–H and O–H groups in total. The molecule has 1 aromatic heterocycles. The van der Waals surface area contributed by atoms with Crippen LogP contribution < -0.4 is 10.1 Å². The van der Waals surface area contributed by atoms with Gasteiger partial charge in [-0.25, -0.2) is 4.98 Å². The first-order valence-corrected chi connectivity index (χ1v) is 8.42. The van der Waals surface area contributed by atoms with Gasteiger partial charge in [0.05, 0.1) is 11.6 Å². The van der Waals surface area contributed by atoms with Crippen molar-refractivity contribution < 1.29 is 9.53 Å².